The summed E-state index contributed by atoms with van der Waals surface area (Å²) in [5, 5.41) is 15.2. The highest BCUT2D eigenvalue weighted by Crippen LogP contribution is 2.11. The lowest BCUT2D eigenvalue weighted by molar-refractivity contribution is 0.579. The highest BCUT2D eigenvalue weighted by Gasteiger charge is 2.18. The van der Waals surface area contributed by atoms with Gasteiger partial charge in [-0.05, 0) is 18.2 Å². The first-order chi connectivity index (χ1) is 8.63. The third kappa shape index (κ3) is 2.53. The Morgan fingerprint density at radius 1 is 1.39 bits per heavy atom. The van der Waals surface area contributed by atoms with Crippen LogP contribution in [0.4, 0.5) is 0 Å². The summed E-state index contributed by atoms with van der Waals surface area (Å²) in [6.07, 6.45) is 2.89. The van der Waals surface area contributed by atoms with Crippen molar-refractivity contribution >= 4 is 10.0 Å². The van der Waals surface area contributed by atoms with Gasteiger partial charge >= 0.3 is 0 Å². The van der Waals surface area contributed by atoms with Gasteiger partial charge in [0.15, 0.2) is 5.69 Å². The lowest BCUT2D eigenvalue weighted by Gasteiger charge is -2.06. The number of sulfonamides is 1. The fourth-order valence-corrected chi connectivity index (χ4v) is 2.44. The van der Waals surface area contributed by atoms with Crippen LogP contribution in [0, 0.1) is 11.3 Å². The molecular weight excluding hydrogens is 254 g/mol. The van der Waals surface area contributed by atoms with Crippen molar-refractivity contribution < 1.29 is 8.42 Å². The van der Waals surface area contributed by atoms with E-state index in [0.717, 1.165) is 0 Å². The predicted molar refractivity (Wildman–Crippen MR) is 61.6 cm³/mol. The SMILES string of the molecule is N#Cc1ncccc1S(=O)(=O)NCc1ccn[nH]1. The second-order valence-corrected chi connectivity index (χ2v) is 5.10. The molecule has 2 aromatic heterocycles. The van der Waals surface area contributed by atoms with Crippen molar-refractivity contribution in [2.24, 2.45) is 0 Å². The molecule has 0 unspecified atom stereocenters. The van der Waals surface area contributed by atoms with Crippen LogP contribution in [0.25, 0.3) is 0 Å². The predicted octanol–water partition coefficient (Wildman–Crippen LogP) is 0.155. The van der Waals surface area contributed by atoms with Crippen LogP contribution in [0.1, 0.15) is 11.4 Å². The lowest BCUT2D eigenvalue weighted by Crippen LogP contribution is -2.24. The van der Waals surface area contributed by atoms with Crippen molar-refractivity contribution in [3.63, 3.8) is 0 Å². The zero-order chi connectivity index (χ0) is 13.0. The van der Waals surface area contributed by atoms with Gasteiger partial charge in [0, 0.05) is 12.4 Å². The summed E-state index contributed by atoms with van der Waals surface area (Å²) < 4.78 is 26.3. The second kappa shape index (κ2) is 4.95. The van der Waals surface area contributed by atoms with Crippen LogP contribution < -0.4 is 4.72 Å². The molecule has 0 aromatic carbocycles. The molecule has 0 aliphatic carbocycles. The van der Waals surface area contributed by atoms with Crippen molar-refractivity contribution in [2.75, 3.05) is 0 Å². The number of hydrogen-bond acceptors (Lipinski definition) is 5. The van der Waals surface area contributed by atoms with Crippen molar-refractivity contribution in [3.8, 4) is 6.07 Å². The molecule has 7 nitrogen and oxygen atoms in total. The Morgan fingerprint density at radius 2 is 2.22 bits per heavy atom. The molecule has 2 N–H and O–H groups in total. The van der Waals surface area contributed by atoms with Gasteiger partial charge in [0.05, 0.1) is 12.2 Å². The largest absolute Gasteiger partial charge is 0.281 e. The van der Waals surface area contributed by atoms with Crippen molar-refractivity contribution in [3.05, 3.63) is 42.0 Å². The summed E-state index contributed by atoms with van der Waals surface area (Å²) in [6.45, 7) is 0.0715. The number of aromatic nitrogens is 3. The zero-order valence-electron chi connectivity index (χ0n) is 9.16. The van der Waals surface area contributed by atoms with E-state index in [4.69, 9.17) is 5.26 Å². The number of aromatic amines is 1. The van der Waals surface area contributed by atoms with Crippen LogP contribution in [0.2, 0.25) is 0 Å². The maximum atomic E-state index is 12.0. The first-order valence-corrected chi connectivity index (χ1v) is 6.45. The smallest absolute Gasteiger partial charge is 0.243 e. The van der Waals surface area contributed by atoms with Gasteiger partial charge in [-0.1, -0.05) is 0 Å². The van der Waals surface area contributed by atoms with Crippen LogP contribution in [-0.4, -0.2) is 23.6 Å². The topological polar surface area (TPSA) is 112 Å². The van der Waals surface area contributed by atoms with Gasteiger partial charge in [-0.3, -0.25) is 5.10 Å². The minimum absolute atomic E-state index is 0.0715. The monoisotopic (exact) mass is 263 g/mol. The van der Waals surface area contributed by atoms with E-state index in [1.807, 2.05) is 0 Å². The Morgan fingerprint density at radius 3 is 2.89 bits per heavy atom. The van der Waals surface area contributed by atoms with Gasteiger partial charge < -0.3 is 0 Å². The van der Waals surface area contributed by atoms with Crippen molar-refractivity contribution in [1.29, 1.82) is 5.26 Å². The van der Waals surface area contributed by atoms with E-state index >= 15 is 0 Å². The molecule has 0 saturated heterocycles. The fourth-order valence-electron chi connectivity index (χ4n) is 1.33. The molecule has 0 fully saturated rings. The van der Waals surface area contributed by atoms with Crippen LogP contribution in [-0.2, 0) is 16.6 Å². The summed E-state index contributed by atoms with van der Waals surface area (Å²) in [4.78, 5) is 3.58. The molecule has 0 aliphatic rings. The first kappa shape index (κ1) is 12.2. The summed E-state index contributed by atoms with van der Waals surface area (Å²) in [5.74, 6) is 0. The summed E-state index contributed by atoms with van der Waals surface area (Å²) >= 11 is 0. The summed E-state index contributed by atoms with van der Waals surface area (Å²) in [5.41, 5.74) is 0.496. The van der Waals surface area contributed by atoms with E-state index < -0.39 is 10.0 Å². The van der Waals surface area contributed by atoms with Crippen LogP contribution in [0.15, 0.2) is 35.5 Å². The molecule has 2 heterocycles. The molecule has 0 aliphatic heterocycles. The average molecular weight is 263 g/mol. The standard InChI is InChI=1S/C10H9N5O2S/c11-6-9-10(2-1-4-12-9)18(16,17)14-7-8-3-5-13-15-8/h1-5,14H,7H2,(H,13,15). The molecular formula is C10H9N5O2S. The van der Waals surface area contributed by atoms with Crippen molar-refractivity contribution in [1.82, 2.24) is 19.9 Å². The normalized spacial score (nSPS) is 11.1. The van der Waals surface area contributed by atoms with E-state index in [9.17, 15) is 8.42 Å². The molecule has 0 saturated carbocycles. The van der Waals surface area contributed by atoms with E-state index in [1.165, 1.54) is 24.5 Å². The summed E-state index contributed by atoms with van der Waals surface area (Å²) in [7, 11) is -3.76. The molecule has 8 heteroatoms. The molecule has 18 heavy (non-hydrogen) atoms. The summed E-state index contributed by atoms with van der Waals surface area (Å²) in [6, 6.07) is 6.19. The first-order valence-electron chi connectivity index (χ1n) is 4.96. The van der Waals surface area contributed by atoms with Crippen LogP contribution in [0.5, 0.6) is 0 Å². The molecule has 92 valence electrons. The van der Waals surface area contributed by atoms with Gasteiger partial charge in [-0.2, -0.15) is 10.4 Å². The second-order valence-electron chi connectivity index (χ2n) is 3.37. The fraction of sp³-hybridized carbons (Fsp3) is 0.100. The molecule has 0 bridgehead atoms. The minimum atomic E-state index is -3.76. The van der Waals surface area contributed by atoms with E-state index in [2.05, 4.69) is 19.9 Å². The van der Waals surface area contributed by atoms with Crippen LogP contribution in [0.3, 0.4) is 0 Å². The quantitative estimate of drug-likeness (QED) is 0.815. The minimum Gasteiger partial charge on any atom is -0.281 e. The number of nitriles is 1. The lowest BCUT2D eigenvalue weighted by atomic mass is 10.4. The molecule has 2 rings (SSSR count). The highest BCUT2D eigenvalue weighted by molar-refractivity contribution is 7.89. The Balaban J connectivity index is 2.23. The number of nitrogens with one attached hydrogen (secondary N) is 2. The number of rotatable bonds is 4. The van der Waals surface area contributed by atoms with E-state index in [1.54, 1.807) is 12.1 Å². The van der Waals surface area contributed by atoms with Gasteiger partial charge in [-0.25, -0.2) is 18.1 Å². The molecule has 0 amide bonds. The molecule has 0 radical (unpaired) electrons. The third-order valence-electron chi connectivity index (χ3n) is 2.18. The van der Waals surface area contributed by atoms with Gasteiger partial charge in [0.1, 0.15) is 11.0 Å². The van der Waals surface area contributed by atoms with Gasteiger partial charge in [0.2, 0.25) is 10.0 Å². The highest BCUT2D eigenvalue weighted by atomic mass is 32.2. The maximum absolute atomic E-state index is 12.0. The Labute approximate surface area is 104 Å². The van der Waals surface area contributed by atoms with Crippen LogP contribution >= 0.6 is 0 Å². The van der Waals surface area contributed by atoms with Gasteiger partial charge in [0.25, 0.3) is 0 Å². The third-order valence-corrected chi connectivity index (χ3v) is 3.61. The van der Waals surface area contributed by atoms with Crippen molar-refractivity contribution in [2.45, 2.75) is 11.4 Å². The van der Waals surface area contributed by atoms with E-state index in [-0.39, 0.29) is 17.1 Å². The number of pyridine rings is 1. The van der Waals surface area contributed by atoms with E-state index in [0.29, 0.717) is 5.69 Å². The molecule has 2 aromatic rings. The number of H-pyrrole nitrogens is 1. The zero-order valence-corrected chi connectivity index (χ0v) is 9.98. The number of nitrogens with zero attached hydrogens (tertiary/aromatic N) is 3. The molecule has 0 spiro atoms. The van der Waals surface area contributed by atoms with Gasteiger partial charge in [-0.15, -0.1) is 0 Å². The number of hydrogen-bond donors (Lipinski definition) is 2. The molecule has 0 atom stereocenters. The Bertz CT molecular complexity index is 673. The average Bonchev–Trinajstić information content (AvgIpc) is 2.89. The Kier molecular flexibility index (Phi) is 3.36. The Hall–Kier alpha value is -2.24. The maximum Gasteiger partial charge on any atom is 0.243 e.